The van der Waals surface area contributed by atoms with Crippen molar-refractivity contribution in [3.8, 4) is 0 Å². The van der Waals surface area contributed by atoms with Crippen LogP contribution >= 0.6 is 0 Å². The quantitative estimate of drug-likeness (QED) is 0.882. The first-order chi connectivity index (χ1) is 12.2. The smallest absolute Gasteiger partial charge is 0.246 e. The third-order valence-electron chi connectivity index (χ3n) is 4.62. The highest BCUT2D eigenvalue weighted by Gasteiger charge is 2.39. The molecule has 2 unspecified atom stereocenters. The van der Waals surface area contributed by atoms with E-state index in [-0.39, 0.29) is 11.8 Å². The largest absolute Gasteiger partial charge is 0.342 e. The molecule has 2 atom stereocenters. The van der Waals surface area contributed by atoms with Gasteiger partial charge in [0.15, 0.2) is 0 Å². The van der Waals surface area contributed by atoms with Crippen molar-refractivity contribution in [2.75, 3.05) is 0 Å². The SMILES string of the molecule is CCCC1NC(=O)C(Cc2ccccc2)N(Cc2ccccc2)C1=O. The number of hydrogen-bond acceptors (Lipinski definition) is 2. The van der Waals surface area contributed by atoms with E-state index >= 15 is 0 Å². The van der Waals surface area contributed by atoms with Gasteiger partial charge in [0.1, 0.15) is 12.1 Å². The van der Waals surface area contributed by atoms with E-state index in [1.807, 2.05) is 67.6 Å². The number of piperazine rings is 1. The molecule has 1 aliphatic heterocycles. The lowest BCUT2D eigenvalue weighted by Gasteiger charge is -2.39. The molecule has 1 aliphatic rings. The van der Waals surface area contributed by atoms with E-state index in [1.165, 1.54) is 0 Å². The summed E-state index contributed by atoms with van der Waals surface area (Å²) in [7, 11) is 0. The Kier molecular flexibility index (Phi) is 5.49. The Balaban J connectivity index is 1.86. The number of hydrogen-bond donors (Lipinski definition) is 1. The zero-order chi connectivity index (χ0) is 17.6. The molecule has 130 valence electrons. The van der Waals surface area contributed by atoms with E-state index in [0.717, 1.165) is 17.5 Å². The van der Waals surface area contributed by atoms with Gasteiger partial charge in [-0.2, -0.15) is 0 Å². The molecule has 3 rings (SSSR count). The fourth-order valence-electron chi connectivity index (χ4n) is 3.32. The molecule has 0 spiro atoms. The van der Waals surface area contributed by atoms with Gasteiger partial charge in [-0.05, 0) is 17.5 Å². The molecule has 1 heterocycles. The number of carbonyl (C=O) groups is 2. The van der Waals surface area contributed by atoms with E-state index in [4.69, 9.17) is 0 Å². The summed E-state index contributed by atoms with van der Waals surface area (Å²) in [4.78, 5) is 27.5. The highest BCUT2D eigenvalue weighted by Crippen LogP contribution is 2.20. The van der Waals surface area contributed by atoms with Gasteiger partial charge in [0.2, 0.25) is 11.8 Å². The molecular weight excluding hydrogens is 312 g/mol. The van der Waals surface area contributed by atoms with Crippen molar-refractivity contribution in [3.05, 3.63) is 71.8 Å². The lowest BCUT2D eigenvalue weighted by molar-refractivity contribution is -0.150. The van der Waals surface area contributed by atoms with Crippen molar-refractivity contribution in [1.29, 1.82) is 0 Å². The molecule has 2 aromatic rings. The van der Waals surface area contributed by atoms with E-state index in [2.05, 4.69) is 5.32 Å². The standard InChI is InChI=1S/C21H24N2O2/c1-2-9-18-21(25)23(15-17-12-7-4-8-13-17)19(20(24)22-18)14-16-10-5-3-6-11-16/h3-8,10-13,18-19H,2,9,14-15H2,1H3,(H,22,24). The van der Waals surface area contributed by atoms with Crippen LogP contribution in [0.4, 0.5) is 0 Å². The van der Waals surface area contributed by atoms with Crippen LogP contribution in [0.3, 0.4) is 0 Å². The van der Waals surface area contributed by atoms with Gasteiger partial charge >= 0.3 is 0 Å². The van der Waals surface area contributed by atoms with E-state index in [9.17, 15) is 9.59 Å². The fourth-order valence-corrected chi connectivity index (χ4v) is 3.32. The topological polar surface area (TPSA) is 49.4 Å². The Labute approximate surface area is 148 Å². The summed E-state index contributed by atoms with van der Waals surface area (Å²) in [6, 6.07) is 18.8. The molecule has 0 bridgehead atoms. The molecule has 1 fully saturated rings. The molecule has 2 amide bonds. The van der Waals surface area contributed by atoms with Crippen molar-refractivity contribution >= 4 is 11.8 Å². The van der Waals surface area contributed by atoms with E-state index in [0.29, 0.717) is 19.4 Å². The van der Waals surface area contributed by atoms with Gasteiger partial charge < -0.3 is 10.2 Å². The number of amides is 2. The van der Waals surface area contributed by atoms with Crippen LogP contribution in [0.25, 0.3) is 0 Å². The van der Waals surface area contributed by atoms with E-state index in [1.54, 1.807) is 4.90 Å². The first-order valence-corrected chi connectivity index (χ1v) is 8.87. The van der Waals surface area contributed by atoms with Crippen molar-refractivity contribution in [1.82, 2.24) is 10.2 Å². The minimum atomic E-state index is -0.469. The van der Waals surface area contributed by atoms with Crippen LogP contribution in [0.2, 0.25) is 0 Å². The van der Waals surface area contributed by atoms with Gasteiger partial charge in [0.05, 0.1) is 0 Å². The summed E-state index contributed by atoms with van der Waals surface area (Å²) in [6.45, 7) is 2.49. The number of nitrogens with zero attached hydrogens (tertiary/aromatic N) is 1. The summed E-state index contributed by atoms with van der Waals surface area (Å²) < 4.78 is 0. The Morgan fingerprint density at radius 3 is 2.12 bits per heavy atom. The molecule has 1 saturated heterocycles. The predicted octanol–water partition coefficient (Wildman–Crippen LogP) is 2.93. The minimum absolute atomic E-state index is 0.0197. The number of nitrogens with one attached hydrogen (secondary N) is 1. The zero-order valence-electron chi connectivity index (χ0n) is 14.5. The summed E-state index contributed by atoms with van der Waals surface area (Å²) in [5.41, 5.74) is 2.10. The Morgan fingerprint density at radius 2 is 1.52 bits per heavy atom. The van der Waals surface area contributed by atoms with Crippen molar-refractivity contribution in [2.45, 2.75) is 44.8 Å². The summed E-state index contributed by atoms with van der Waals surface area (Å²) >= 11 is 0. The Bertz CT molecular complexity index is 715. The molecular formula is C21H24N2O2. The predicted molar refractivity (Wildman–Crippen MR) is 97.8 cm³/mol. The van der Waals surface area contributed by atoms with Crippen LogP contribution in [-0.4, -0.2) is 28.8 Å². The maximum atomic E-state index is 13.0. The number of carbonyl (C=O) groups excluding carboxylic acids is 2. The van der Waals surface area contributed by atoms with Crippen molar-refractivity contribution in [2.24, 2.45) is 0 Å². The van der Waals surface area contributed by atoms with Crippen LogP contribution in [0.15, 0.2) is 60.7 Å². The number of rotatable bonds is 6. The molecule has 0 aromatic heterocycles. The Hall–Kier alpha value is -2.62. The van der Waals surface area contributed by atoms with Gasteiger partial charge in [-0.15, -0.1) is 0 Å². The third-order valence-corrected chi connectivity index (χ3v) is 4.62. The summed E-state index contributed by atoms with van der Waals surface area (Å²) in [6.07, 6.45) is 2.07. The highest BCUT2D eigenvalue weighted by atomic mass is 16.2. The van der Waals surface area contributed by atoms with Crippen LogP contribution in [-0.2, 0) is 22.6 Å². The molecule has 1 N–H and O–H groups in total. The summed E-state index contributed by atoms with van der Waals surface area (Å²) in [5, 5.41) is 2.92. The Morgan fingerprint density at radius 1 is 0.920 bits per heavy atom. The highest BCUT2D eigenvalue weighted by molar-refractivity contribution is 5.97. The van der Waals surface area contributed by atoms with Gasteiger partial charge in [-0.1, -0.05) is 74.0 Å². The second kappa shape index (κ2) is 7.97. The first kappa shape index (κ1) is 17.2. The second-order valence-electron chi connectivity index (χ2n) is 6.51. The van der Waals surface area contributed by atoms with Crippen LogP contribution in [0.1, 0.15) is 30.9 Å². The molecule has 0 radical (unpaired) electrons. The van der Waals surface area contributed by atoms with Crippen molar-refractivity contribution in [3.63, 3.8) is 0 Å². The van der Waals surface area contributed by atoms with Gasteiger partial charge in [0, 0.05) is 13.0 Å². The van der Waals surface area contributed by atoms with Crippen LogP contribution < -0.4 is 5.32 Å². The third kappa shape index (κ3) is 4.08. The lowest BCUT2D eigenvalue weighted by atomic mass is 9.97. The average Bonchev–Trinajstić information content (AvgIpc) is 2.64. The maximum Gasteiger partial charge on any atom is 0.246 e. The van der Waals surface area contributed by atoms with Gasteiger partial charge in [-0.3, -0.25) is 9.59 Å². The monoisotopic (exact) mass is 336 g/mol. The maximum absolute atomic E-state index is 13.0. The average molecular weight is 336 g/mol. The van der Waals surface area contributed by atoms with Crippen LogP contribution in [0.5, 0.6) is 0 Å². The lowest BCUT2D eigenvalue weighted by Crippen LogP contribution is -2.63. The number of benzene rings is 2. The molecule has 25 heavy (non-hydrogen) atoms. The molecule has 4 nitrogen and oxygen atoms in total. The first-order valence-electron chi connectivity index (χ1n) is 8.87. The van der Waals surface area contributed by atoms with Gasteiger partial charge in [-0.25, -0.2) is 0 Å². The molecule has 2 aromatic carbocycles. The molecule has 0 saturated carbocycles. The second-order valence-corrected chi connectivity index (χ2v) is 6.51. The fraction of sp³-hybridized carbons (Fsp3) is 0.333. The normalized spacial score (nSPS) is 20.4. The van der Waals surface area contributed by atoms with Crippen molar-refractivity contribution < 1.29 is 9.59 Å². The summed E-state index contributed by atoms with van der Waals surface area (Å²) in [5.74, 6) is -0.0379. The molecule has 0 aliphatic carbocycles. The van der Waals surface area contributed by atoms with Crippen LogP contribution in [0, 0.1) is 0 Å². The van der Waals surface area contributed by atoms with Gasteiger partial charge in [0.25, 0.3) is 0 Å². The zero-order valence-corrected chi connectivity index (χ0v) is 14.5. The minimum Gasteiger partial charge on any atom is -0.342 e. The van der Waals surface area contributed by atoms with E-state index < -0.39 is 12.1 Å². The molecule has 4 heteroatoms.